The van der Waals surface area contributed by atoms with E-state index in [0.717, 1.165) is 4.90 Å². The number of phenolic OH excluding ortho intramolecular Hbond substituents is 1. The summed E-state index contributed by atoms with van der Waals surface area (Å²) in [7, 11) is 0. The molecular formula is C13H10ClIN2O3. The summed E-state index contributed by atoms with van der Waals surface area (Å²) >= 11 is 7.84. The Labute approximate surface area is 134 Å². The predicted molar refractivity (Wildman–Crippen MR) is 84.3 cm³/mol. The minimum absolute atomic E-state index is 0.00622. The number of imide groups is 1. The van der Waals surface area contributed by atoms with Crippen molar-refractivity contribution in [3.8, 4) is 5.75 Å². The lowest BCUT2D eigenvalue weighted by atomic mass is 10.1. The quantitative estimate of drug-likeness (QED) is 0.352. The zero-order chi connectivity index (χ0) is 14.9. The van der Waals surface area contributed by atoms with Crippen LogP contribution in [0.3, 0.4) is 0 Å². The summed E-state index contributed by atoms with van der Waals surface area (Å²) in [6.07, 6.45) is 2.85. The molecule has 0 atom stereocenters. The van der Waals surface area contributed by atoms with Crippen molar-refractivity contribution >= 4 is 52.2 Å². The number of benzene rings is 1. The number of amides is 3. The van der Waals surface area contributed by atoms with Crippen LogP contribution in [0.1, 0.15) is 5.56 Å². The Morgan fingerprint density at radius 3 is 2.80 bits per heavy atom. The fourth-order valence-electron chi connectivity index (χ4n) is 1.72. The van der Waals surface area contributed by atoms with Crippen molar-refractivity contribution in [2.24, 2.45) is 0 Å². The molecule has 0 aliphatic carbocycles. The van der Waals surface area contributed by atoms with E-state index >= 15 is 0 Å². The molecule has 0 spiro atoms. The number of urea groups is 1. The molecule has 0 aromatic heterocycles. The largest absolute Gasteiger partial charge is 0.506 e. The highest BCUT2D eigenvalue weighted by molar-refractivity contribution is 14.1. The number of carbonyl (C=O) groups is 2. The Balaban J connectivity index is 2.40. The van der Waals surface area contributed by atoms with Crippen molar-refractivity contribution in [3.05, 3.63) is 44.6 Å². The molecule has 20 heavy (non-hydrogen) atoms. The molecule has 1 fully saturated rings. The van der Waals surface area contributed by atoms with Crippen molar-refractivity contribution in [3.63, 3.8) is 0 Å². The fourth-order valence-corrected chi connectivity index (χ4v) is 2.78. The number of nitrogens with zero attached hydrogens (tertiary/aromatic N) is 1. The summed E-state index contributed by atoms with van der Waals surface area (Å²) in [5, 5.41) is 12.8. The van der Waals surface area contributed by atoms with E-state index in [2.05, 4.69) is 11.9 Å². The molecule has 0 saturated carbocycles. The maximum atomic E-state index is 12.0. The first-order chi connectivity index (χ1) is 9.43. The van der Waals surface area contributed by atoms with Crippen LogP contribution in [0.5, 0.6) is 5.75 Å². The van der Waals surface area contributed by atoms with Gasteiger partial charge in [0.1, 0.15) is 11.4 Å². The summed E-state index contributed by atoms with van der Waals surface area (Å²) in [6.45, 7) is 3.61. The molecule has 7 heteroatoms. The second kappa shape index (κ2) is 5.84. The molecule has 1 heterocycles. The number of hydrogen-bond donors (Lipinski definition) is 2. The van der Waals surface area contributed by atoms with Crippen LogP contribution in [0.4, 0.5) is 4.79 Å². The maximum Gasteiger partial charge on any atom is 0.329 e. The summed E-state index contributed by atoms with van der Waals surface area (Å²) in [6, 6.07) is 2.59. The number of rotatable bonds is 3. The van der Waals surface area contributed by atoms with Gasteiger partial charge in [0, 0.05) is 17.1 Å². The molecule has 1 aliphatic rings. The highest BCUT2D eigenvalue weighted by Gasteiger charge is 2.32. The van der Waals surface area contributed by atoms with Crippen LogP contribution < -0.4 is 5.32 Å². The molecule has 1 aromatic carbocycles. The second-order valence-corrected chi connectivity index (χ2v) is 5.62. The summed E-state index contributed by atoms with van der Waals surface area (Å²) in [5.41, 5.74) is 0.455. The minimum Gasteiger partial charge on any atom is -0.506 e. The van der Waals surface area contributed by atoms with Gasteiger partial charge < -0.3 is 10.4 Å². The van der Waals surface area contributed by atoms with Crippen molar-refractivity contribution in [1.29, 1.82) is 0 Å². The van der Waals surface area contributed by atoms with E-state index in [0.29, 0.717) is 14.2 Å². The molecule has 1 saturated heterocycles. The van der Waals surface area contributed by atoms with Gasteiger partial charge in [0.25, 0.3) is 5.91 Å². The molecule has 2 rings (SSSR count). The van der Waals surface area contributed by atoms with Gasteiger partial charge in [-0.2, -0.15) is 0 Å². The number of halogens is 2. The number of nitrogens with one attached hydrogen (secondary N) is 1. The molecule has 104 valence electrons. The van der Waals surface area contributed by atoms with Crippen molar-refractivity contribution < 1.29 is 14.7 Å². The molecule has 0 unspecified atom stereocenters. The molecule has 0 bridgehead atoms. The lowest BCUT2D eigenvalue weighted by Gasteiger charge is -2.07. The van der Waals surface area contributed by atoms with E-state index < -0.39 is 11.9 Å². The van der Waals surface area contributed by atoms with Crippen molar-refractivity contribution in [2.75, 3.05) is 6.54 Å². The Kier molecular flexibility index (Phi) is 4.34. The van der Waals surface area contributed by atoms with E-state index in [1.807, 2.05) is 22.6 Å². The number of hydrogen-bond acceptors (Lipinski definition) is 3. The maximum absolute atomic E-state index is 12.0. The monoisotopic (exact) mass is 404 g/mol. The van der Waals surface area contributed by atoms with E-state index in [9.17, 15) is 14.7 Å². The van der Waals surface area contributed by atoms with E-state index in [1.54, 1.807) is 6.07 Å². The first kappa shape index (κ1) is 14.9. The summed E-state index contributed by atoms with van der Waals surface area (Å²) in [4.78, 5) is 24.6. The van der Waals surface area contributed by atoms with Gasteiger partial charge in [-0.25, -0.2) is 4.79 Å². The van der Waals surface area contributed by atoms with Crippen LogP contribution in [0.2, 0.25) is 5.02 Å². The van der Waals surface area contributed by atoms with Gasteiger partial charge in [0.05, 0.1) is 3.57 Å². The van der Waals surface area contributed by atoms with Crippen LogP contribution in [0.25, 0.3) is 6.08 Å². The van der Waals surface area contributed by atoms with Crippen LogP contribution in [-0.4, -0.2) is 28.5 Å². The topological polar surface area (TPSA) is 69.6 Å². The third-order valence-corrected chi connectivity index (χ3v) is 3.67. The first-order valence-corrected chi connectivity index (χ1v) is 7.03. The average Bonchev–Trinajstić information content (AvgIpc) is 2.63. The normalized spacial score (nSPS) is 16.7. The van der Waals surface area contributed by atoms with E-state index in [4.69, 9.17) is 11.6 Å². The zero-order valence-electron chi connectivity index (χ0n) is 10.2. The van der Waals surface area contributed by atoms with Crippen LogP contribution in [-0.2, 0) is 4.79 Å². The summed E-state index contributed by atoms with van der Waals surface area (Å²) in [5.74, 6) is -0.462. The van der Waals surface area contributed by atoms with Crippen LogP contribution in [0, 0.1) is 3.57 Å². The first-order valence-electron chi connectivity index (χ1n) is 5.57. The number of aromatic hydroxyl groups is 1. The average molecular weight is 405 g/mol. The zero-order valence-corrected chi connectivity index (χ0v) is 13.1. The van der Waals surface area contributed by atoms with Gasteiger partial charge in [-0.1, -0.05) is 17.7 Å². The number of phenols is 1. The third-order valence-electron chi connectivity index (χ3n) is 2.63. The van der Waals surface area contributed by atoms with Crippen LogP contribution >= 0.6 is 34.2 Å². The molecular weight excluding hydrogens is 395 g/mol. The van der Waals surface area contributed by atoms with E-state index in [-0.39, 0.29) is 18.0 Å². The molecule has 0 radical (unpaired) electrons. The van der Waals surface area contributed by atoms with Gasteiger partial charge >= 0.3 is 6.03 Å². The van der Waals surface area contributed by atoms with Gasteiger partial charge in [0.15, 0.2) is 0 Å². The van der Waals surface area contributed by atoms with Gasteiger partial charge in [-0.05, 0) is 40.8 Å². The number of carbonyl (C=O) groups excluding carboxylic acids is 2. The smallest absolute Gasteiger partial charge is 0.329 e. The molecule has 2 N–H and O–H groups in total. The standard InChI is InChI=1S/C13H10ClIN2O3/c1-2-3-17-12(19)10(16-13(17)20)5-7-4-8(14)6-9(15)11(7)18/h2,4-6,18H,1,3H2,(H,16,20)/b10-5+. The highest BCUT2D eigenvalue weighted by Crippen LogP contribution is 2.30. The predicted octanol–water partition coefficient (Wildman–Crippen LogP) is 2.73. The Morgan fingerprint density at radius 2 is 2.15 bits per heavy atom. The van der Waals surface area contributed by atoms with Gasteiger partial charge in [-0.15, -0.1) is 6.58 Å². The Hall–Kier alpha value is -1.54. The molecule has 3 amide bonds. The van der Waals surface area contributed by atoms with Crippen molar-refractivity contribution in [1.82, 2.24) is 10.2 Å². The molecule has 1 aliphatic heterocycles. The lowest BCUT2D eigenvalue weighted by Crippen LogP contribution is -2.30. The van der Waals surface area contributed by atoms with Gasteiger partial charge in [0.2, 0.25) is 0 Å². The van der Waals surface area contributed by atoms with Crippen LogP contribution in [0.15, 0.2) is 30.5 Å². The highest BCUT2D eigenvalue weighted by atomic mass is 127. The van der Waals surface area contributed by atoms with Crippen molar-refractivity contribution in [2.45, 2.75) is 0 Å². The fraction of sp³-hybridized carbons (Fsp3) is 0.0769. The second-order valence-electron chi connectivity index (χ2n) is 4.02. The van der Waals surface area contributed by atoms with Gasteiger partial charge in [-0.3, -0.25) is 9.69 Å². The minimum atomic E-state index is -0.516. The molecule has 5 nitrogen and oxygen atoms in total. The third kappa shape index (κ3) is 2.80. The Morgan fingerprint density at radius 1 is 1.45 bits per heavy atom. The SMILES string of the molecule is C=CCN1C(=O)N/C(=C/c2cc(Cl)cc(I)c2O)C1=O. The Bertz CT molecular complexity index is 643. The summed E-state index contributed by atoms with van der Waals surface area (Å²) < 4.78 is 0.557. The molecule has 1 aromatic rings. The van der Waals surface area contributed by atoms with E-state index in [1.165, 1.54) is 18.2 Å². The lowest BCUT2D eigenvalue weighted by molar-refractivity contribution is -0.122.